The third kappa shape index (κ3) is 5.91. The van der Waals surface area contributed by atoms with Gasteiger partial charge in [-0.15, -0.1) is 0 Å². The van der Waals surface area contributed by atoms with Gasteiger partial charge in [0.05, 0.1) is 6.42 Å². The topological polar surface area (TPSA) is 40.5 Å². The lowest BCUT2D eigenvalue weighted by atomic mass is 9.97. The summed E-state index contributed by atoms with van der Waals surface area (Å²) in [6.07, 6.45) is -1.76. The minimum absolute atomic E-state index is 0.00204. The van der Waals surface area contributed by atoms with E-state index in [9.17, 15) is 18.0 Å². The first kappa shape index (κ1) is 14.3. The fourth-order valence-electron chi connectivity index (χ4n) is 2.24. The van der Waals surface area contributed by atoms with Crippen molar-refractivity contribution < 1.29 is 23.1 Å². The highest BCUT2D eigenvalue weighted by molar-refractivity contribution is 5.66. The number of alkyl halides is 3. The zero-order valence-electron chi connectivity index (χ0n) is 9.67. The van der Waals surface area contributed by atoms with E-state index in [4.69, 9.17) is 5.11 Å². The largest absolute Gasteiger partial charge is 0.481 e. The number of hydrogen-bond donors (Lipinski definition) is 1. The van der Waals surface area contributed by atoms with E-state index in [1.807, 2.05) is 0 Å². The SMILES string of the molecule is O=C(O)CCC1CCCCN1CCC(F)(F)F. The van der Waals surface area contributed by atoms with E-state index in [-0.39, 0.29) is 19.0 Å². The fraction of sp³-hybridized carbons (Fsp3) is 0.909. The molecular formula is C11H18F3NO2. The van der Waals surface area contributed by atoms with Gasteiger partial charge in [-0.05, 0) is 25.8 Å². The quantitative estimate of drug-likeness (QED) is 0.818. The monoisotopic (exact) mass is 253 g/mol. The Morgan fingerprint density at radius 2 is 2.06 bits per heavy atom. The van der Waals surface area contributed by atoms with Crippen molar-refractivity contribution in [3.63, 3.8) is 0 Å². The first-order chi connectivity index (χ1) is 7.88. The molecule has 1 unspecified atom stereocenters. The molecule has 1 heterocycles. The molecular weight excluding hydrogens is 235 g/mol. The average Bonchev–Trinajstić information content (AvgIpc) is 2.23. The highest BCUT2D eigenvalue weighted by Gasteiger charge is 2.30. The highest BCUT2D eigenvalue weighted by atomic mass is 19.4. The molecule has 1 aliphatic heterocycles. The van der Waals surface area contributed by atoms with Gasteiger partial charge in [0, 0.05) is 19.0 Å². The lowest BCUT2D eigenvalue weighted by molar-refractivity contribution is -0.141. The number of halogens is 3. The summed E-state index contributed by atoms with van der Waals surface area (Å²) in [6, 6.07) is 0.00204. The smallest absolute Gasteiger partial charge is 0.390 e. The van der Waals surface area contributed by atoms with Gasteiger partial charge in [-0.1, -0.05) is 6.42 Å². The van der Waals surface area contributed by atoms with Gasteiger partial charge >= 0.3 is 12.1 Å². The van der Waals surface area contributed by atoms with Crippen LogP contribution in [0.1, 0.15) is 38.5 Å². The van der Waals surface area contributed by atoms with Crippen LogP contribution in [0.5, 0.6) is 0 Å². The van der Waals surface area contributed by atoms with E-state index >= 15 is 0 Å². The molecule has 0 radical (unpaired) electrons. The van der Waals surface area contributed by atoms with E-state index < -0.39 is 18.6 Å². The number of piperidine rings is 1. The predicted octanol–water partition coefficient (Wildman–Crippen LogP) is 2.66. The molecule has 1 atom stereocenters. The minimum atomic E-state index is -4.13. The van der Waals surface area contributed by atoms with Gasteiger partial charge in [0.1, 0.15) is 0 Å². The molecule has 0 saturated carbocycles. The molecule has 17 heavy (non-hydrogen) atoms. The first-order valence-corrected chi connectivity index (χ1v) is 5.91. The molecule has 0 amide bonds. The molecule has 1 saturated heterocycles. The van der Waals surface area contributed by atoms with Gasteiger partial charge in [0.25, 0.3) is 0 Å². The summed E-state index contributed by atoms with van der Waals surface area (Å²) in [7, 11) is 0. The minimum Gasteiger partial charge on any atom is -0.481 e. The second-order valence-corrected chi connectivity index (χ2v) is 4.48. The molecule has 1 rings (SSSR count). The highest BCUT2D eigenvalue weighted by Crippen LogP contribution is 2.25. The molecule has 3 nitrogen and oxygen atoms in total. The predicted molar refractivity (Wildman–Crippen MR) is 56.8 cm³/mol. The lowest BCUT2D eigenvalue weighted by Gasteiger charge is -2.35. The molecule has 0 aromatic heterocycles. The first-order valence-electron chi connectivity index (χ1n) is 5.91. The van der Waals surface area contributed by atoms with E-state index in [0.717, 1.165) is 19.3 Å². The van der Waals surface area contributed by atoms with Crippen molar-refractivity contribution in [2.45, 2.75) is 50.7 Å². The number of hydrogen-bond acceptors (Lipinski definition) is 2. The second kappa shape index (κ2) is 6.23. The van der Waals surface area contributed by atoms with Crippen molar-refractivity contribution in [3.8, 4) is 0 Å². The molecule has 1 aliphatic rings. The maximum atomic E-state index is 12.1. The number of aliphatic carboxylic acids is 1. The Bertz CT molecular complexity index is 256. The molecule has 0 aliphatic carbocycles. The van der Waals surface area contributed by atoms with Crippen molar-refractivity contribution in [3.05, 3.63) is 0 Å². The summed E-state index contributed by atoms with van der Waals surface area (Å²) in [5.74, 6) is -0.883. The summed E-state index contributed by atoms with van der Waals surface area (Å²) in [5.41, 5.74) is 0. The average molecular weight is 253 g/mol. The Balaban J connectivity index is 2.39. The maximum Gasteiger partial charge on any atom is 0.390 e. The van der Waals surface area contributed by atoms with Crippen LogP contribution in [0.15, 0.2) is 0 Å². The Hall–Kier alpha value is -0.780. The number of rotatable bonds is 5. The molecule has 100 valence electrons. The Morgan fingerprint density at radius 3 is 2.65 bits per heavy atom. The molecule has 0 spiro atoms. The normalized spacial score (nSPS) is 22.6. The van der Waals surface area contributed by atoms with E-state index in [2.05, 4.69) is 0 Å². The van der Waals surface area contributed by atoms with Crippen LogP contribution in [0.3, 0.4) is 0 Å². The van der Waals surface area contributed by atoms with Gasteiger partial charge in [0.2, 0.25) is 0 Å². The van der Waals surface area contributed by atoms with Crippen molar-refractivity contribution in [2.75, 3.05) is 13.1 Å². The van der Waals surface area contributed by atoms with Crippen LogP contribution in [-0.2, 0) is 4.79 Å². The van der Waals surface area contributed by atoms with Crippen molar-refractivity contribution in [1.29, 1.82) is 0 Å². The van der Waals surface area contributed by atoms with Crippen LogP contribution >= 0.6 is 0 Å². The van der Waals surface area contributed by atoms with Gasteiger partial charge < -0.3 is 10.0 Å². The molecule has 6 heteroatoms. The van der Waals surface area contributed by atoms with Crippen molar-refractivity contribution in [1.82, 2.24) is 4.90 Å². The van der Waals surface area contributed by atoms with E-state index in [1.165, 1.54) is 0 Å². The number of carboxylic acids is 1. The molecule has 0 aromatic rings. The third-order valence-corrected chi connectivity index (χ3v) is 3.12. The summed E-state index contributed by atoms with van der Waals surface area (Å²) in [6.45, 7) is 0.647. The standard InChI is InChI=1S/C11H18F3NO2/c12-11(13,14)6-8-15-7-2-1-3-9(15)4-5-10(16)17/h9H,1-8H2,(H,16,17). The van der Waals surface area contributed by atoms with Crippen LogP contribution in [0.2, 0.25) is 0 Å². The van der Waals surface area contributed by atoms with E-state index in [0.29, 0.717) is 13.0 Å². The Labute approximate surface area is 98.6 Å². The molecule has 1 N–H and O–H groups in total. The number of nitrogens with zero attached hydrogens (tertiary/aromatic N) is 1. The molecule has 1 fully saturated rings. The summed E-state index contributed by atoms with van der Waals surface area (Å²) < 4.78 is 36.4. The summed E-state index contributed by atoms with van der Waals surface area (Å²) in [4.78, 5) is 12.3. The maximum absolute atomic E-state index is 12.1. The second-order valence-electron chi connectivity index (χ2n) is 4.48. The van der Waals surface area contributed by atoms with Gasteiger partial charge in [-0.3, -0.25) is 4.79 Å². The van der Waals surface area contributed by atoms with E-state index in [1.54, 1.807) is 4.90 Å². The fourth-order valence-corrected chi connectivity index (χ4v) is 2.24. The third-order valence-electron chi connectivity index (χ3n) is 3.12. The van der Waals surface area contributed by atoms with Crippen molar-refractivity contribution >= 4 is 5.97 Å². The van der Waals surface area contributed by atoms with Crippen LogP contribution in [-0.4, -0.2) is 41.3 Å². The zero-order valence-corrected chi connectivity index (χ0v) is 9.67. The molecule has 0 bridgehead atoms. The van der Waals surface area contributed by atoms with Crippen LogP contribution in [0.25, 0.3) is 0 Å². The van der Waals surface area contributed by atoms with Gasteiger partial charge in [0.15, 0.2) is 0 Å². The summed E-state index contributed by atoms with van der Waals surface area (Å²) in [5, 5.41) is 8.59. The lowest BCUT2D eigenvalue weighted by Crippen LogP contribution is -2.41. The van der Waals surface area contributed by atoms with Crippen LogP contribution in [0, 0.1) is 0 Å². The Morgan fingerprint density at radius 1 is 1.35 bits per heavy atom. The summed E-state index contributed by atoms with van der Waals surface area (Å²) >= 11 is 0. The van der Waals surface area contributed by atoms with Gasteiger partial charge in [-0.2, -0.15) is 13.2 Å². The number of carboxylic acid groups (broad SMARTS) is 1. The van der Waals surface area contributed by atoms with Gasteiger partial charge in [-0.25, -0.2) is 0 Å². The van der Waals surface area contributed by atoms with Crippen LogP contribution < -0.4 is 0 Å². The number of carbonyl (C=O) groups is 1. The van der Waals surface area contributed by atoms with Crippen molar-refractivity contribution in [2.24, 2.45) is 0 Å². The van der Waals surface area contributed by atoms with Crippen LogP contribution in [0.4, 0.5) is 13.2 Å². The zero-order chi connectivity index (χ0) is 12.9. The Kier molecular flexibility index (Phi) is 5.24. The molecule has 0 aromatic carbocycles. The number of likely N-dealkylation sites (tertiary alicyclic amines) is 1.